The number of ketones is 1. The molecule has 0 radical (unpaired) electrons. The van der Waals surface area contributed by atoms with Gasteiger partial charge in [0.1, 0.15) is 5.75 Å². The molecule has 0 unspecified atom stereocenters. The number of benzene rings is 1. The molecule has 0 spiro atoms. The van der Waals surface area contributed by atoms with E-state index in [0.717, 1.165) is 10.9 Å². The maximum Gasteiger partial charge on any atom is 0.196 e. The van der Waals surface area contributed by atoms with Crippen LogP contribution < -0.4 is 10.5 Å². The minimum atomic E-state index is -0.163. The molecule has 0 aliphatic carbocycles. The fourth-order valence-corrected chi connectivity index (χ4v) is 2.12. The molecule has 2 aromatic rings. The maximum atomic E-state index is 12.4. The van der Waals surface area contributed by atoms with Gasteiger partial charge in [-0.3, -0.25) is 9.78 Å². The van der Waals surface area contributed by atoms with Crippen molar-refractivity contribution in [1.82, 2.24) is 4.98 Å². The molecule has 20 heavy (non-hydrogen) atoms. The smallest absolute Gasteiger partial charge is 0.196 e. The average molecular weight is 335 g/mol. The van der Waals surface area contributed by atoms with E-state index in [9.17, 15) is 4.79 Å². The SMILES string of the molecule is CCCOc1cncc(C(=O)c2ccc(Br)cc2N)c1. The lowest BCUT2D eigenvalue weighted by Gasteiger charge is -2.08. The summed E-state index contributed by atoms with van der Waals surface area (Å²) in [5.41, 5.74) is 7.24. The molecule has 2 N–H and O–H groups in total. The number of aromatic nitrogens is 1. The summed E-state index contributed by atoms with van der Waals surface area (Å²) in [6.07, 6.45) is 4.01. The van der Waals surface area contributed by atoms with Gasteiger partial charge in [0, 0.05) is 27.5 Å². The monoisotopic (exact) mass is 334 g/mol. The molecule has 0 saturated carbocycles. The van der Waals surface area contributed by atoms with E-state index in [1.165, 1.54) is 6.20 Å². The van der Waals surface area contributed by atoms with Crippen LogP contribution in [0, 0.1) is 0 Å². The van der Waals surface area contributed by atoms with Crippen LogP contribution in [0.5, 0.6) is 5.75 Å². The molecule has 0 saturated heterocycles. The van der Waals surface area contributed by atoms with E-state index in [-0.39, 0.29) is 5.78 Å². The van der Waals surface area contributed by atoms with E-state index in [2.05, 4.69) is 20.9 Å². The Morgan fingerprint density at radius 2 is 2.15 bits per heavy atom. The highest BCUT2D eigenvalue weighted by atomic mass is 79.9. The van der Waals surface area contributed by atoms with Crippen LogP contribution in [0.2, 0.25) is 0 Å². The number of carbonyl (C=O) groups is 1. The van der Waals surface area contributed by atoms with Crippen molar-refractivity contribution in [3.05, 3.63) is 52.3 Å². The Morgan fingerprint density at radius 1 is 1.35 bits per heavy atom. The van der Waals surface area contributed by atoms with Gasteiger partial charge in [0.25, 0.3) is 0 Å². The van der Waals surface area contributed by atoms with Crippen molar-refractivity contribution in [1.29, 1.82) is 0 Å². The Morgan fingerprint density at radius 3 is 2.85 bits per heavy atom. The molecule has 1 aromatic heterocycles. The minimum Gasteiger partial charge on any atom is -0.492 e. The molecular weight excluding hydrogens is 320 g/mol. The molecule has 0 aliphatic heterocycles. The topological polar surface area (TPSA) is 65.2 Å². The zero-order chi connectivity index (χ0) is 14.5. The van der Waals surface area contributed by atoms with Crippen LogP contribution in [0.1, 0.15) is 29.3 Å². The lowest BCUT2D eigenvalue weighted by atomic mass is 10.0. The number of nitrogen functional groups attached to an aromatic ring is 1. The second kappa shape index (κ2) is 6.52. The van der Waals surface area contributed by atoms with Gasteiger partial charge in [-0.2, -0.15) is 0 Å². The van der Waals surface area contributed by atoms with E-state index >= 15 is 0 Å². The number of hydrogen-bond donors (Lipinski definition) is 1. The quantitative estimate of drug-likeness (QED) is 0.671. The predicted molar refractivity (Wildman–Crippen MR) is 82.0 cm³/mol. The molecule has 5 heteroatoms. The molecule has 104 valence electrons. The van der Waals surface area contributed by atoms with Gasteiger partial charge < -0.3 is 10.5 Å². The fourth-order valence-electron chi connectivity index (χ4n) is 1.74. The summed E-state index contributed by atoms with van der Waals surface area (Å²) >= 11 is 3.32. The Hall–Kier alpha value is -1.88. The van der Waals surface area contributed by atoms with Crippen molar-refractivity contribution in [3.8, 4) is 5.75 Å². The summed E-state index contributed by atoms with van der Waals surface area (Å²) in [5, 5.41) is 0. The van der Waals surface area contributed by atoms with Crippen molar-refractivity contribution >= 4 is 27.4 Å². The number of carbonyl (C=O) groups excluding carboxylic acids is 1. The van der Waals surface area contributed by atoms with Crippen LogP contribution in [0.4, 0.5) is 5.69 Å². The van der Waals surface area contributed by atoms with Gasteiger partial charge in [0.15, 0.2) is 5.78 Å². The zero-order valence-electron chi connectivity index (χ0n) is 11.1. The van der Waals surface area contributed by atoms with E-state index in [0.29, 0.717) is 29.2 Å². The van der Waals surface area contributed by atoms with Crippen molar-refractivity contribution in [2.24, 2.45) is 0 Å². The first-order valence-corrected chi connectivity index (χ1v) is 7.08. The maximum absolute atomic E-state index is 12.4. The van der Waals surface area contributed by atoms with Gasteiger partial charge in [0.2, 0.25) is 0 Å². The number of halogens is 1. The van der Waals surface area contributed by atoms with Crippen molar-refractivity contribution in [3.63, 3.8) is 0 Å². The summed E-state index contributed by atoms with van der Waals surface area (Å²) in [4.78, 5) is 16.4. The third-order valence-corrected chi connectivity index (χ3v) is 3.20. The number of ether oxygens (including phenoxy) is 1. The minimum absolute atomic E-state index is 0.163. The largest absolute Gasteiger partial charge is 0.492 e. The Balaban J connectivity index is 2.28. The van der Waals surface area contributed by atoms with E-state index in [4.69, 9.17) is 10.5 Å². The van der Waals surface area contributed by atoms with Gasteiger partial charge in [-0.15, -0.1) is 0 Å². The van der Waals surface area contributed by atoms with Gasteiger partial charge in [0.05, 0.1) is 12.8 Å². The molecule has 2 rings (SSSR count). The average Bonchev–Trinajstić information content (AvgIpc) is 2.45. The summed E-state index contributed by atoms with van der Waals surface area (Å²) in [5.74, 6) is 0.429. The molecule has 1 heterocycles. The first kappa shape index (κ1) is 14.5. The predicted octanol–water partition coefficient (Wildman–Crippen LogP) is 3.45. The molecule has 0 amide bonds. The van der Waals surface area contributed by atoms with Crippen LogP contribution in [0.25, 0.3) is 0 Å². The van der Waals surface area contributed by atoms with Crippen LogP contribution in [0.3, 0.4) is 0 Å². The second-order valence-corrected chi connectivity index (χ2v) is 5.23. The summed E-state index contributed by atoms with van der Waals surface area (Å²) in [7, 11) is 0. The van der Waals surface area contributed by atoms with E-state index < -0.39 is 0 Å². The number of rotatable bonds is 5. The van der Waals surface area contributed by atoms with Gasteiger partial charge >= 0.3 is 0 Å². The van der Waals surface area contributed by atoms with Crippen molar-refractivity contribution < 1.29 is 9.53 Å². The van der Waals surface area contributed by atoms with Crippen LogP contribution >= 0.6 is 15.9 Å². The normalized spacial score (nSPS) is 10.3. The van der Waals surface area contributed by atoms with Crippen molar-refractivity contribution in [2.45, 2.75) is 13.3 Å². The number of anilines is 1. The van der Waals surface area contributed by atoms with E-state index in [1.807, 2.05) is 6.92 Å². The standard InChI is InChI=1S/C15H15BrN2O2/c1-2-5-20-12-6-10(8-18-9-12)15(19)13-4-3-11(16)7-14(13)17/h3-4,6-9H,2,5,17H2,1H3. The molecule has 1 aromatic carbocycles. The van der Waals surface area contributed by atoms with Crippen LogP contribution in [-0.4, -0.2) is 17.4 Å². The van der Waals surface area contributed by atoms with Crippen molar-refractivity contribution in [2.75, 3.05) is 12.3 Å². The lowest BCUT2D eigenvalue weighted by molar-refractivity contribution is 0.103. The molecule has 0 bridgehead atoms. The number of nitrogens with zero attached hydrogens (tertiary/aromatic N) is 1. The number of pyridine rings is 1. The number of nitrogens with two attached hydrogens (primary N) is 1. The fraction of sp³-hybridized carbons (Fsp3) is 0.200. The van der Waals surface area contributed by atoms with Crippen LogP contribution in [-0.2, 0) is 0 Å². The summed E-state index contributed by atoms with van der Waals surface area (Å²) in [6.45, 7) is 2.62. The second-order valence-electron chi connectivity index (χ2n) is 4.32. The third-order valence-electron chi connectivity index (χ3n) is 2.71. The lowest BCUT2D eigenvalue weighted by Crippen LogP contribution is -2.06. The van der Waals surface area contributed by atoms with Crippen LogP contribution in [0.15, 0.2) is 41.1 Å². The molecule has 0 fully saturated rings. The molecule has 4 nitrogen and oxygen atoms in total. The zero-order valence-corrected chi connectivity index (χ0v) is 12.7. The first-order valence-electron chi connectivity index (χ1n) is 6.29. The molecule has 0 atom stereocenters. The highest BCUT2D eigenvalue weighted by Crippen LogP contribution is 2.22. The Kier molecular flexibility index (Phi) is 4.74. The highest BCUT2D eigenvalue weighted by molar-refractivity contribution is 9.10. The Bertz CT molecular complexity index is 629. The van der Waals surface area contributed by atoms with Gasteiger partial charge in [-0.1, -0.05) is 22.9 Å². The summed E-state index contributed by atoms with van der Waals surface area (Å²) in [6, 6.07) is 6.88. The summed E-state index contributed by atoms with van der Waals surface area (Å²) < 4.78 is 6.32. The van der Waals surface area contributed by atoms with Gasteiger partial charge in [-0.25, -0.2) is 0 Å². The third kappa shape index (κ3) is 3.36. The molecular formula is C15H15BrN2O2. The first-order chi connectivity index (χ1) is 9.61. The highest BCUT2D eigenvalue weighted by Gasteiger charge is 2.13. The molecule has 0 aliphatic rings. The number of hydrogen-bond acceptors (Lipinski definition) is 4. The van der Waals surface area contributed by atoms with Gasteiger partial charge in [-0.05, 0) is 30.7 Å². The van der Waals surface area contributed by atoms with E-state index in [1.54, 1.807) is 30.5 Å². The Labute approximate surface area is 126 Å².